The molecule has 1 aliphatic rings. The third kappa shape index (κ3) is 2.80. The van der Waals surface area contributed by atoms with E-state index in [4.69, 9.17) is 0 Å². The Morgan fingerprint density at radius 1 is 1.20 bits per heavy atom. The topological polar surface area (TPSA) is 49.2 Å². The molecule has 0 aliphatic carbocycles. The first kappa shape index (κ1) is 13.1. The summed E-state index contributed by atoms with van der Waals surface area (Å²) < 4.78 is 0. The first-order valence-corrected chi connectivity index (χ1v) is 6.98. The number of pyridine rings is 2. The standard InChI is InChI=1S/C16H19N3O/c1-12-3-2-4-16(18-12)19-10-14(15(20)11-19)9-13-5-7-17-8-6-13/h2-8,14-15,20H,9-11H2,1H3/t14-,15+/m1/s1. The molecule has 0 saturated carbocycles. The van der Waals surface area contributed by atoms with Gasteiger partial charge in [-0.15, -0.1) is 0 Å². The van der Waals surface area contributed by atoms with Crippen LogP contribution in [0.5, 0.6) is 0 Å². The van der Waals surface area contributed by atoms with Gasteiger partial charge < -0.3 is 10.0 Å². The Bertz CT molecular complexity index is 573. The van der Waals surface area contributed by atoms with Gasteiger partial charge in [-0.1, -0.05) is 6.07 Å². The number of aliphatic hydroxyl groups is 1. The summed E-state index contributed by atoms with van der Waals surface area (Å²) in [6.45, 7) is 3.50. The van der Waals surface area contributed by atoms with Crippen molar-refractivity contribution in [1.29, 1.82) is 0 Å². The van der Waals surface area contributed by atoms with Crippen LogP contribution in [0.15, 0.2) is 42.7 Å². The molecule has 4 heteroatoms. The van der Waals surface area contributed by atoms with Crippen molar-refractivity contribution in [3.8, 4) is 0 Å². The molecule has 0 bridgehead atoms. The van der Waals surface area contributed by atoms with E-state index >= 15 is 0 Å². The molecule has 20 heavy (non-hydrogen) atoms. The third-order valence-electron chi connectivity index (χ3n) is 3.85. The highest BCUT2D eigenvalue weighted by Crippen LogP contribution is 2.25. The van der Waals surface area contributed by atoms with Crippen LogP contribution in [-0.4, -0.2) is 34.3 Å². The molecule has 1 saturated heterocycles. The molecular weight excluding hydrogens is 250 g/mol. The number of aromatic nitrogens is 2. The van der Waals surface area contributed by atoms with E-state index in [9.17, 15) is 5.11 Å². The van der Waals surface area contributed by atoms with Crippen LogP contribution < -0.4 is 4.90 Å². The van der Waals surface area contributed by atoms with Gasteiger partial charge in [-0.2, -0.15) is 0 Å². The van der Waals surface area contributed by atoms with Crippen LogP contribution in [0.2, 0.25) is 0 Å². The molecule has 0 aromatic carbocycles. The van der Waals surface area contributed by atoms with Gasteiger partial charge in [0, 0.05) is 37.1 Å². The van der Waals surface area contributed by atoms with Crippen LogP contribution in [0.1, 0.15) is 11.3 Å². The number of rotatable bonds is 3. The predicted octanol–water partition coefficient (Wildman–Crippen LogP) is 1.82. The lowest BCUT2D eigenvalue weighted by molar-refractivity contribution is 0.148. The molecule has 0 spiro atoms. The Hall–Kier alpha value is -1.94. The molecule has 0 amide bonds. The summed E-state index contributed by atoms with van der Waals surface area (Å²) in [7, 11) is 0. The van der Waals surface area contributed by atoms with Gasteiger partial charge in [-0.3, -0.25) is 4.98 Å². The number of aryl methyl sites for hydroxylation is 1. The van der Waals surface area contributed by atoms with Crippen LogP contribution in [0.4, 0.5) is 5.82 Å². The Kier molecular flexibility index (Phi) is 3.65. The van der Waals surface area contributed by atoms with Crippen molar-refractivity contribution in [2.24, 2.45) is 5.92 Å². The highest BCUT2D eigenvalue weighted by atomic mass is 16.3. The van der Waals surface area contributed by atoms with Gasteiger partial charge in [-0.05, 0) is 43.2 Å². The maximum Gasteiger partial charge on any atom is 0.128 e. The van der Waals surface area contributed by atoms with Crippen LogP contribution in [0, 0.1) is 12.8 Å². The van der Waals surface area contributed by atoms with Crippen molar-refractivity contribution in [3.63, 3.8) is 0 Å². The average molecular weight is 269 g/mol. The number of hydrogen-bond acceptors (Lipinski definition) is 4. The first-order valence-electron chi connectivity index (χ1n) is 6.98. The molecule has 3 heterocycles. The fraction of sp³-hybridized carbons (Fsp3) is 0.375. The molecule has 1 fully saturated rings. The van der Waals surface area contributed by atoms with Crippen molar-refractivity contribution < 1.29 is 5.11 Å². The second kappa shape index (κ2) is 5.59. The lowest BCUT2D eigenvalue weighted by Gasteiger charge is -2.17. The first-order chi connectivity index (χ1) is 9.72. The van der Waals surface area contributed by atoms with E-state index in [1.165, 1.54) is 5.56 Å². The SMILES string of the molecule is Cc1cccc(N2C[C@@H](Cc3ccncc3)[C@@H](O)C2)n1. The van der Waals surface area contributed by atoms with Crippen LogP contribution >= 0.6 is 0 Å². The number of nitrogens with zero attached hydrogens (tertiary/aromatic N) is 3. The molecule has 1 N–H and O–H groups in total. The normalized spacial score (nSPS) is 22.2. The molecular formula is C16H19N3O. The van der Waals surface area contributed by atoms with E-state index in [-0.39, 0.29) is 12.0 Å². The van der Waals surface area contributed by atoms with E-state index in [1.54, 1.807) is 12.4 Å². The molecule has 4 nitrogen and oxygen atoms in total. The zero-order chi connectivity index (χ0) is 13.9. The number of anilines is 1. The summed E-state index contributed by atoms with van der Waals surface area (Å²) >= 11 is 0. The van der Waals surface area contributed by atoms with Crippen LogP contribution in [0.25, 0.3) is 0 Å². The minimum atomic E-state index is -0.300. The Balaban J connectivity index is 1.71. The summed E-state index contributed by atoms with van der Waals surface area (Å²) in [4.78, 5) is 10.7. The maximum atomic E-state index is 10.3. The number of β-amino-alcohol motifs (C(OH)–C–C–N with tert-alkyl or cyclic N) is 1. The lowest BCUT2D eigenvalue weighted by atomic mass is 9.97. The number of hydrogen-bond donors (Lipinski definition) is 1. The molecule has 0 radical (unpaired) electrons. The van der Waals surface area contributed by atoms with Gasteiger partial charge in [0.2, 0.25) is 0 Å². The molecule has 3 rings (SSSR count). The van der Waals surface area contributed by atoms with E-state index in [2.05, 4.69) is 14.9 Å². The largest absolute Gasteiger partial charge is 0.391 e. The summed E-state index contributed by atoms with van der Waals surface area (Å²) in [5.41, 5.74) is 2.23. The molecule has 2 aromatic rings. The van der Waals surface area contributed by atoms with Gasteiger partial charge in [-0.25, -0.2) is 4.98 Å². The second-order valence-electron chi connectivity index (χ2n) is 5.43. The zero-order valence-corrected chi connectivity index (χ0v) is 11.6. The van der Waals surface area contributed by atoms with E-state index < -0.39 is 0 Å². The van der Waals surface area contributed by atoms with Crippen molar-refractivity contribution in [2.45, 2.75) is 19.4 Å². The molecule has 2 aromatic heterocycles. The monoisotopic (exact) mass is 269 g/mol. The molecule has 2 atom stereocenters. The summed E-state index contributed by atoms with van der Waals surface area (Å²) in [5.74, 6) is 1.21. The summed E-state index contributed by atoms with van der Waals surface area (Å²) in [5, 5.41) is 10.3. The van der Waals surface area contributed by atoms with E-state index in [0.717, 1.165) is 24.5 Å². The molecule has 1 aliphatic heterocycles. The third-order valence-corrected chi connectivity index (χ3v) is 3.85. The van der Waals surface area contributed by atoms with Crippen LogP contribution in [0.3, 0.4) is 0 Å². The van der Waals surface area contributed by atoms with Gasteiger partial charge in [0.15, 0.2) is 0 Å². The van der Waals surface area contributed by atoms with Crippen molar-refractivity contribution in [2.75, 3.05) is 18.0 Å². The Morgan fingerprint density at radius 2 is 2.00 bits per heavy atom. The minimum Gasteiger partial charge on any atom is -0.391 e. The fourth-order valence-corrected chi connectivity index (χ4v) is 2.77. The van der Waals surface area contributed by atoms with E-state index in [1.807, 2.05) is 37.3 Å². The van der Waals surface area contributed by atoms with Crippen molar-refractivity contribution >= 4 is 5.82 Å². The number of aliphatic hydroxyl groups excluding tert-OH is 1. The second-order valence-corrected chi connectivity index (χ2v) is 5.43. The highest BCUT2D eigenvalue weighted by Gasteiger charge is 2.31. The smallest absolute Gasteiger partial charge is 0.128 e. The predicted molar refractivity (Wildman–Crippen MR) is 78.6 cm³/mol. The molecule has 104 valence electrons. The maximum absolute atomic E-state index is 10.3. The van der Waals surface area contributed by atoms with Gasteiger partial charge in [0.25, 0.3) is 0 Å². The fourth-order valence-electron chi connectivity index (χ4n) is 2.77. The average Bonchev–Trinajstić information content (AvgIpc) is 2.81. The van der Waals surface area contributed by atoms with Crippen LogP contribution in [-0.2, 0) is 6.42 Å². The van der Waals surface area contributed by atoms with Gasteiger partial charge in [0.05, 0.1) is 6.10 Å². The minimum absolute atomic E-state index is 0.250. The molecule has 0 unspecified atom stereocenters. The zero-order valence-electron chi connectivity index (χ0n) is 11.6. The van der Waals surface area contributed by atoms with E-state index in [0.29, 0.717) is 6.54 Å². The van der Waals surface area contributed by atoms with Crippen molar-refractivity contribution in [1.82, 2.24) is 9.97 Å². The quantitative estimate of drug-likeness (QED) is 0.923. The Labute approximate surface area is 119 Å². The summed E-state index contributed by atoms with van der Waals surface area (Å²) in [6.07, 6.45) is 4.18. The Morgan fingerprint density at radius 3 is 2.75 bits per heavy atom. The lowest BCUT2D eigenvalue weighted by Crippen LogP contribution is -2.22. The highest BCUT2D eigenvalue weighted by molar-refractivity contribution is 5.41. The summed E-state index contributed by atoms with van der Waals surface area (Å²) in [6, 6.07) is 10.0. The van der Waals surface area contributed by atoms with Gasteiger partial charge >= 0.3 is 0 Å². The van der Waals surface area contributed by atoms with Gasteiger partial charge in [0.1, 0.15) is 5.82 Å². The van der Waals surface area contributed by atoms with Crippen molar-refractivity contribution in [3.05, 3.63) is 54.0 Å².